The molecule has 0 fully saturated rings. The fraction of sp³-hybridized carbons (Fsp3) is 0.435. The number of hydrogen-bond donors (Lipinski definition) is 2. The summed E-state index contributed by atoms with van der Waals surface area (Å²) in [5.74, 6) is 2.10. The van der Waals surface area contributed by atoms with E-state index in [0.29, 0.717) is 19.8 Å². The Bertz CT molecular complexity index is 698. The molecule has 0 spiro atoms. The topological polar surface area (TPSA) is 45.7 Å². The monoisotopic (exact) mass is 527 g/mol. The number of thioether (sulfide) groups is 1. The van der Waals surface area contributed by atoms with Crippen LogP contribution in [-0.2, 0) is 24.5 Å². The van der Waals surface area contributed by atoms with Crippen LogP contribution in [0.5, 0.6) is 0 Å². The van der Waals surface area contributed by atoms with Gasteiger partial charge in [-0.3, -0.25) is 0 Å². The van der Waals surface area contributed by atoms with E-state index in [2.05, 4.69) is 60.2 Å². The molecule has 0 bridgehead atoms. The largest absolute Gasteiger partial charge is 0.372 e. The molecular weight excluding hydrogens is 493 g/mol. The van der Waals surface area contributed by atoms with Gasteiger partial charge < -0.3 is 15.4 Å². The van der Waals surface area contributed by atoms with Crippen molar-refractivity contribution in [3.05, 3.63) is 71.3 Å². The van der Waals surface area contributed by atoms with E-state index in [1.165, 1.54) is 28.9 Å². The van der Waals surface area contributed by atoms with E-state index in [1.54, 1.807) is 0 Å². The number of benzene rings is 2. The molecule has 0 heterocycles. The van der Waals surface area contributed by atoms with E-state index >= 15 is 0 Å². The van der Waals surface area contributed by atoms with E-state index in [-0.39, 0.29) is 24.0 Å². The predicted octanol–water partition coefficient (Wildman–Crippen LogP) is 5.22. The molecule has 2 aromatic carbocycles. The first kappa shape index (κ1) is 25.8. The average Bonchev–Trinajstić information content (AvgIpc) is 2.73. The van der Waals surface area contributed by atoms with Gasteiger partial charge in [0.05, 0.1) is 19.8 Å². The van der Waals surface area contributed by atoms with Gasteiger partial charge in [-0.2, -0.15) is 11.8 Å². The normalized spacial score (nSPS) is 11.0. The summed E-state index contributed by atoms with van der Waals surface area (Å²) in [6, 6.07) is 18.7. The van der Waals surface area contributed by atoms with Gasteiger partial charge >= 0.3 is 0 Å². The van der Waals surface area contributed by atoms with Gasteiger partial charge in [-0.25, -0.2) is 4.99 Å². The van der Waals surface area contributed by atoms with Crippen molar-refractivity contribution in [3.8, 4) is 0 Å². The summed E-state index contributed by atoms with van der Waals surface area (Å²) in [4.78, 5) is 4.76. The second kappa shape index (κ2) is 16.5. The molecular formula is C23H34IN3OS. The molecule has 0 aliphatic carbocycles. The van der Waals surface area contributed by atoms with E-state index in [4.69, 9.17) is 9.73 Å². The smallest absolute Gasteiger partial charge is 0.191 e. The summed E-state index contributed by atoms with van der Waals surface area (Å²) in [5.41, 5.74) is 3.59. The highest BCUT2D eigenvalue weighted by atomic mass is 127. The Morgan fingerprint density at radius 1 is 0.931 bits per heavy atom. The van der Waals surface area contributed by atoms with E-state index in [0.717, 1.165) is 25.5 Å². The fourth-order valence-corrected chi connectivity index (χ4v) is 3.28. The van der Waals surface area contributed by atoms with Crippen molar-refractivity contribution in [2.75, 3.05) is 25.1 Å². The van der Waals surface area contributed by atoms with Gasteiger partial charge in [-0.05, 0) is 48.5 Å². The third-order valence-electron chi connectivity index (χ3n) is 4.31. The minimum atomic E-state index is 0. The Hall–Kier alpha value is -1.25. The lowest BCUT2D eigenvalue weighted by Gasteiger charge is -2.13. The maximum absolute atomic E-state index is 5.92. The van der Waals surface area contributed by atoms with Crippen LogP contribution in [0.1, 0.15) is 36.5 Å². The number of hydrogen-bond acceptors (Lipinski definition) is 3. The van der Waals surface area contributed by atoms with Crippen molar-refractivity contribution in [3.63, 3.8) is 0 Å². The summed E-state index contributed by atoms with van der Waals surface area (Å²) in [7, 11) is 0. The molecule has 0 unspecified atom stereocenters. The highest BCUT2D eigenvalue weighted by molar-refractivity contribution is 14.0. The van der Waals surface area contributed by atoms with Crippen LogP contribution in [0.2, 0.25) is 0 Å². The second-order valence-corrected chi connectivity index (χ2v) is 7.55. The number of halogens is 1. The quantitative estimate of drug-likeness (QED) is 0.172. The molecule has 0 radical (unpaired) electrons. The Kier molecular flexibility index (Phi) is 14.7. The van der Waals surface area contributed by atoms with Crippen LogP contribution in [0, 0.1) is 0 Å². The van der Waals surface area contributed by atoms with Crippen molar-refractivity contribution in [1.29, 1.82) is 0 Å². The molecule has 0 amide bonds. The standard InChI is InChI=1S/C23H33N3OS.HI/c1-3-24-23(25-15-9-10-16-28-2)26-17-21-13-7-8-14-22(21)19-27-18-20-11-5-4-6-12-20;/h4-8,11-14H,3,9-10,15-19H2,1-2H3,(H2,24,25,26);1H. The molecule has 0 aliphatic heterocycles. The first-order chi connectivity index (χ1) is 13.8. The molecule has 29 heavy (non-hydrogen) atoms. The predicted molar refractivity (Wildman–Crippen MR) is 137 cm³/mol. The van der Waals surface area contributed by atoms with E-state index < -0.39 is 0 Å². The lowest BCUT2D eigenvalue weighted by atomic mass is 10.1. The Morgan fingerprint density at radius 3 is 2.38 bits per heavy atom. The van der Waals surface area contributed by atoms with Gasteiger partial charge in [0.15, 0.2) is 5.96 Å². The van der Waals surface area contributed by atoms with Gasteiger partial charge in [0, 0.05) is 13.1 Å². The molecule has 2 aromatic rings. The average molecular weight is 528 g/mol. The molecule has 6 heteroatoms. The molecule has 0 aromatic heterocycles. The zero-order valence-corrected chi connectivity index (χ0v) is 20.7. The van der Waals surface area contributed by atoms with Crippen LogP contribution >= 0.6 is 35.7 Å². The van der Waals surface area contributed by atoms with Crippen LogP contribution < -0.4 is 10.6 Å². The summed E-state index contributed by atoms with van der Waals surface area (Å²) in [5, 5.41) is 6.76. The van der Waals surface area contributed by atoms with Gasteiger partial charge in [-0.15, -0.1) is 24.0 Å². The van der Waals surface area contributed by atoms with Crippen LogP contribution in [0.4, 0.5) is 0 Å². The third-order valence-corrected chi connectivity index (χ3v) is 5.00. The number of aliphatic imine (C=N–C) groups is 1. The van der Waals surface area contributed by atoms with Crippen LogP contribution in [-0.4, -0.2) is 31.1 Å². The molecule has 2 N–H and O–H groups in total. The summed E-state index contributed by atoms with van der Waals surface area (Å²) in [6.07, 6.45) is 4.55. The Morgan fingerprint density at radius 2 is 1.66 bits per heavy atom. The first-order valence-corrected chi connectivity index (χ1v) is 11.4. The van der Waals surface area contributed by atoms with Crippen LogP contribution in [0.3, 0.4) is 0 Å². The SMILES string of the molecule is CCNC(=NCc1ccccc1COCc1ccccc1)NCCCCSC.I. The van der Waals surface area contributed by atoms with E-state index in [1.807, 2.05) is 30.0 Å². The molecule has 2 rings (SSSR count). The maximum Gasteiger partial charge on any atom is 0.191 e. The highest BCUT2D eigenvalue weighted by Crippen LogP contribution is 2.13. The van der Waals surface area contributed by atoms with Gasteiger partial charge in [-0.1, -0.05) is 54.6 Å². The number of unbranched alkanes of at least 4 members (excludes halogenated alkanes) is 1. The third kappa shape index (κ3) is 10.9. The lowest BCUT2D eigenvalue weighted by molar-refractivity contribution is 0.106. The molecule has 0 aliphatic rings. The zero-order chi connectivity index (χ0) is 19.9. The number of nitrogens with zero attached hydrogens (tertiary/aromatic N) is 1. The summed E-state index contributed by atoms with van der Waals surface area (Å²) in [6.45, 7) is 5.77. The fourth-order valence-electron chi connectivity index (χ4n) is 2.79. The van der Waals surface area contributed by atoms with Gasteiger partial charge in [0.1, 0.15) is 0 Å². The zero-order valence-electron chi connectivity index (χ0n) is 17.5. The number of rotatable bonds is 12. The van der Waals surface area contributed by atoms with Crippen molar-refractivity contribution in [1.82, 2.24) is 10.6 Å². The summed E-state index contributed by atoms with van der Waals surface area (Å²) >= 11 is 1.90. The summed E-state index contributed by atoms with van der Waals surface area (Å²) < 4.78 is 5.92. The molecule has 0 atom stereocenters. The maximum atomic E-state index is 5.92. The van der Waals surface area contributed by atoms with Gasteiger partial charge in [0.2, 0.25) is 0 Å². The molecule has 160 valence electrons. The number of ether oxygens (including phenoxy) is 1. The van der Waals surface area contributed by atoms with Crippen molar-refractivity contribution < 1.29 is 4.74 Å². The van der Waals surface area contributed by atoms with Crippen molar-refractivity contribution >= 4 is 41.7 Å². The molecule has 0 saturated heterocycles. The van der Waals surface area contributed by atoms with Crippen LogP contribution in [0.15, 0.2) is 59.6 Å². The minimum absolute atomic E-state index is 0. The second-order valence-electron chi connectivity index (χ2n) is 6.57. The highest BCUT2D eigenvalue weighted by Gasteiger charge is 2.03. The van der Waals surface area contributed by atoms with Crippen molar-refractivity contribution in [2.24, 2.45) is 4.99 Å². The van der Waals surface area contributed by atoms with Crippen LogP contribution in [0.25, 0.3) is 0 Å². The molecule has 0 saturated carbocycles. The number of guanidine groups is 1. The minimum Gasteiger partial charge on any atom is -0.372 e. The first-order valence-electron chi connectivity index (χ1n) is 10.0. The lowest BCUT2D eigenvalue weighted by Crippen LogP contribution is -2.37. The van der Waals surface area contributed by atoms with Crippen molar-refractivity contribution in [2.45, 2.75) is 39.5 Å². The number of nitrogens with one attached hydrogen (secondary N) is 2. The molecule has 4 nitrogen and oxygen atoms in total. The van der Waals surface area contributed by atoms with E-state index in [9.17, 15) is 0 Å². The Balaban J connectivity index is 0.00000420. The van der Waals surface area contributed by atoms with Gasteiger partial charge in [0.25, 0.3) is 0 Å². The Labute approximate surface area is 197 Å².